The van der Waals surface area contributed by atoms with Gasteiger partial charge in [-0.3, -0.25) is 4.79 Å². The molecule has 5 aliphatic heterocycles. The number of nitrogens with two attached hydrogens (primary N) is 1. The molecule has 5 saturated heterocycles. The number of nitrogens with one attached hydrogen (secondary N) is 1. The Morgan fingerprint density at radius 1 is 1.03 bits per heavy atom. The Bertz CT molecular complexity index is 664. The molecular formula is C23H42N2O8. The minimum atomic E-state index is -0.821. The normalized spacial score (nSPS) is 45.2. The number of amides is 1. The van der Waals surface area contributed by atoms with E-state index < -0.39 is 11.4 Å². The van der Waals surface area contributed by atoms with Crippen LogP contribution in [0.4, 0.5) is 0 Å². The van der Waals surface area contributed by atoms with Gasteiger partial charge < -0.3 is 44.9 Å². The second kappa shape index (κ2) is 10.8. The Balaban J connectivity index is 0.000000189. The molecule has 1 amide bonds. The van der Waals surface area contributed by atoms with Crippen LogP contribution in [-0.4, -0.2) is 98.6 Å². The third kappa shape index (κ3) is 4.69. The van der Waals surface area contributed by atoms with Gasteiger partial charge in [0.15, 0.2) is 5.79 Å². The molecule has 5 heterocycles. The molecular weight excluding hydrogens is 432 g/mol. The van der Waals surface area contributed by atoms with Crippen LogP contribution in [0.15, 0.2) is 0 Å². The molecule has 0 spiro atoms. The van der Waals surface area contributed by atoms with E-state index in [0.29, 0.717) is 25.0 Å². The summed E-state index contributed by atoms with van der Waals surface area (Å²) < 4.78 is 27.5. The van der Waals surface area contributed by atoms with E-state index in [1.54, 1.807) is 14.2 Å². The Morgan fingerprint density at radius 2 is 1.67 bits per heavy atom. The van der Waals surface area contributed by atoms with Gasteiger partial charge in [0.25, 0.3) is 0 Å². The van der Waals surface area contributed by atoms with Gasteiger partial charge in [0.1, 0.15) is 12.2 Å². The van der Waals surface area contributed by atoms with Crippen molar-refractivity contribution in [3.05, 3.63) is 0 Å². The van der Waals surface area contributed by atoms with E-state index in [1.165, 1.54) is 6.92 Å². The molecule has 6 aliphatic rings. The predicted octanol–water partition coefficient (Wildman–Crippen LogP) is -0.214. The molecule has 0 radical (unpaired) electrons. The summed E-state index contributed by atoms with van der Waals surface area (Å²) in [6.07, 6.45) is 2.35. The lowest BCUT2D eigenvalue weighted by atomic mass is 9.55. The number of hydrogen-bond acceptors (Lipinski definition) is 9. The lowest BCUT2D eigenvalue weighted by Crippen LogP contribution is -2.77. The van der Waals surface area contributed by atoms with Gasteiger partial charge in [-0.05, 0) is 24.7 Å². The van der Waals surface area contributed by atoms with Crippen molar-refractivity contribution in [2.24, 2.45) is 23.5 Å². The van der Waals surface area contributed by atoms with Crippen molar-refractivity contribution in [2.75, 3.05) is 40.6 Å². The van der Waals surface area contributed by atoms with Crippen molar-refractivity contribution in [2.45, 2.75) is 81.8 Å². The first kappa shape index (κ1) is 26.7. The van der Waals surface area contributed by atoms with Crippen LogP contribution in [0.3, 0.4) is 0 Å². The van der Waals surface area contributed by atoms with Crippen LogP contribution in [-0.2, 0) is 28.5 Å². The molecule has 5 N–H and O–H groups in total. The van der Waals surface area contributed by atoms with Crippen molar-refractivity contribution in [1.82, 2.24) is 5.32 Å². The molecule has 10 heteroatoms. The molecule has 10 atom stereocenters. The number of carbonyl (C=O) groups excluding carboxylic acids is 1. The van der Waals surface area contributed by atoms with Crippen molar-refractivity contribution < 1.29 is 38.7 Å². The second-order valence-corrected chi connectivity index (χ2v) is 9.70. The summed E-state index contributed by atoms with van der Waals surface area (Å²) in [6, 6.07) is -0.163. The average Bonchev–Trinajstić information content (AvgIpc) is 2.76. The van der Waals surface area contributed by atoms with Gasteiger partial charge >= 0.3 is 0 Å². The molecule has 0 aromatic heterocycles. The Hall–Kier alpha value is -0.850. The number of carbonyl (C=O) groups is 1. The Kier molecular flexibility index (Phi) is 8.77. The molecule has 4 bridgehead atoms. The smallest absolute Gasteiger partial charge is 0.217 e. The summed E-state index contributed by atoms with van der Waals surface area (Å²) in [4.78, 5) is 11.3. The van der Waals surface area contributed by atoms with E-state index in [1.807, 2.05) is 0 Å². The molecule has 1 aliphatic carbocycles. The van der Waals surface area contributed by atoms with E-state index >= 15 is 0 Å². The molecule has 33 heavy (non-hydrogen) atoms. The Labute approximate surface area is 196 Å². The van der Waals surface area contributed by atoms with Gasteiger partial charge in [0, 0.05) is 27.1 Å². The maximum atomic E-state index is 11.3. The number of rotatable bonds is 9. The highest BCUT2D eigenvalue weighted by molar-refractivity contribution is 5.73. The van der Waals surface area contributed by atoms with E-state index in [2.05, 4.69) is 19.2 Å². The fourth-order valence-electron chi connectivity index (χ4n) is 6.35. The van der Waals surface area contributed by atoms with Gasteiger partial charge in [-0.2, -0.15) is 0 Å². The van der Waals surface area contributed by atoms with Crippen LogP contribution in [0.25, 0.3) is 0 Å². The maximum absolute atomic E-state index is 11.3. The average molecular weight is 475 g/mol. The van der Waals surface area contributed by atoms with Crippen LogP contribution in [0.5, 0.6) is 0 Å². The molecule has 6 rings (SSSR count). The summed E-state index contributed by atoms with van der Waals surface area (Å²) in [5.41, 5.74) is 5.61. The van der Waals surface area contributed by atoms with E-state index in [0.717, 1.165) is 19.3 Å². The molecule has 1 saturated carbocycles. The highest BCUT2D eigenvalue weighted by Gasteiger charge is 2.64. The number of methoxy groups -OCH3 is 2. The number of ether oxygens (including phenoxy) is 5. The molecule has 10 unspecified atom stereocenters. The lowest BCUT2D eigenvalue weighted by Gasteiger charge is -2.63. The third-order valence-corrected chi connectivity index (χ3v) is 7.88. The summed E-state index contributed by atoms with van der Waals surface area (Å²) in [5.74, 6) is 0.0549. The zero-order valence-corrected chi connectivity index (χ0v) is 20.5. The predicted molar refractivity (Wildman–Crippen MR) is 119 cm³/mol. The van der Waals surface area contributed by atoms with Crippen molar-refractivity contribution in [1.29, 1.82) is 0 Å². The number of aliphatic hydroxyl groups is 2. The first-order chi connectivity index (χ1) is 15.8. The summed E-state index contributed by atoms with van der Waals surface area (Å²) in [6.45, 7) is 6.50. The zero-order chi connectivity index (χ0) is 24.4. The van der Waals surface area contributed by atoms with Gasteiger partial charge in [-0.15, -0.1) is 0 Å². The summed E-state index contributed by atoms with van der Waals surface area (Å²) in [5, 5.41) is 21.9. The number of fused-ring (bicyclic) bond motifs is 4. The van der Waals surface area contributed by atoms with Crippen LogP contribution in [0.2, 0.25) is 0 Å². The fraction of sp³-hybridized carbons (Fsp3) is 0.957. The third-order valence-electron chi connectivity index (χ3n) is 7.88. The van der Waals surface area contributed by atoms with E-state index in [9.17, 15) is 15.0 Å². The minimum Gasteiger partial charge on any atom is -0.393 e. The summed E-state index contributed by atoms with van der Waals surface area (Å²) in [7, 11) is 3.23. The first-order valence-corrected chi connectivity index (χ1v) is 12.0. The number of hydrogen-bond donors (Lipinski definition) is 4. The molecule has 0 aromatic carbocycles. The molecule has 0 aromatic rings. The Morgan fingerprint density at radius 3 is 2.18 bits per heavy atom. The van der Waals surface area contributed by atoms with Gasteiger partial charge in [-0.1, -0.05) is 20.3 Å². The highest BCUT2D eigenvalue weighted by atomic mass is 16.8. The maximum Gasteiger partial charge on any atom is 0.217 e. The first-order valence-electron chi connectivity index (χ1n) is 12.0. The SMILES string of the molecule is CCC1C2CC1(CO)OC(COC)C2NC(C)=O.CCC1C2OC1(CO)OC(COC)C2N. The number of aliphatic hydroxyl groups excluding tert-OH is 2. The lowest BCUT2D eigenvalue weighted by molar-refractivity contribution is -0.449. The van der Waals surface area contributed by atoms with Gasteiger partial charge in [-0.25, -0.2) is 0 Å². The molecule has 10 nitrogen and oxygen atoms in total. The molecule has 6 fully saturated rings. The van der Waals surface area contributed by atoms with Gasteiger partial charge in [0.2, 0.25) is 5.91 Å². The van der Waals surface area contributed by atoms with Crippen molar-refractivity contribution >= 4 is 5.91 Å². The van der Waals surface area contributed by atoms with Gasteiger partial charge in [0.05, 0.1) is 50.2 Å². The van der Waals surface area contributed by atoms with Crippen molar-refractivity contribution in [3.63, 3.8) is 0 Å². The fourth-order valence-corrected chi connectivity index (χ4v) is 6.35. The van der Waals surface area contributed by atoms with Crippen LogP contribution in [0, 0.1) is 17.8 Å². The van der Waals surface area contributed by atoms with Crippen LogP contribution < -0.4 is 11.1 Å². The van der Waals surface area contributed by atoms with Crippen LogP contribution in [0.1, 0.15) is 40.0 Å². The minimum absolute atomic E-state index is 0.000764. The van der Waals surface area contributed by atoms with Crippen LogP contribution >= 0.6 is 0 Å². The van der Waals surface area contributed by atoms with E-state index in [-0.39, 0.29) is 55.4 Å². The highest BCUT2D eigenvalue weighted by Crippen LogP contribution is 2.55. The monoisotopic (exact) mass is 474 g/mol. The molecule has 192 valence electrons. The topological polar surface area (TPSA) is 142 Å². The van der Waals surface area contributed by atoms with E-state index in [4.69, 9.17) is 29.4 Å². The summed E-state index contributed by atoms with van der Waals surface area (Å²) >= 11 is 0. The zero-order valence-electron chi connectivity index (χ0n) is 20.5. The quantitative estimate of drug-likeness (QED) is 0.357. The largest absolute Gasteiger partial charge is 0.393 e. The van der Waals surface area contributed by atoms with Crippen molar-refractivity contribution in [3.8, 4) is 0 Å². The second-order valence-electron chi connectivity index (χ2n) is 9.70. The standard InChI is InChI=1S/C13H23NO4.C10H19NO4/c1-4-10-9-5-13(10,7-15)18-11(6-17-3)12(9)14-8(2)16;1-3-6-9-8(11)7(4-13-2)14-10(6,5-12)15-9/h9-12,15H,4-7H2,1-3H3,(H,14,16);6-9,12H,3-5,11H2,1-2H3.